The second-order valence-corrected chi connectivity index (χ2v) is 10.0. The molecule has 0 saturated heterocycles. The average molecular weight is 450 g/mol. The summed E-state index contributed by atoms with van der Waals surface area (Å²) in [5.41, 5.74) is 2.86. The van der Waals surface area contributed by atoms with Gasteiger partial charge in [0.15, 0.2) is 11.5 Å². The van der Waals surface area contributed by atoms with Crippen molar-refractivity contribution in [3.8, 4) is 11.5 Å². The lowest BCUT2D eigenvalue weighted by Crippen LogP contribution is -2.36. The number of fused-ring (bicyclic) bond motifs is 1. The highest BCUT2D eigenvalue weighted by molar-refractivity contribution is 7.89. The number of benzene rings is 2. The molecule has 1 aliphatic heterocycles. The molecule has 2 aromatic carbocycles. The summed E-state index contributed by atoms with van der Waals surface area (Å²) in [6.45, 7) is 4.69. The van der Waals surface area contributed by atoms with Crippen LogP contribution in [0.25, 0.3) is 0 Å². The molecule has 1 N–H and O–H groups in total. The van der Waals surface area contributed by atoms with Crippen LogP contribution in [0, 0.1) is 11.2 Å². The molecule has 0 bridgehead atoms. The Morgan fingerprint density at radius 1 is 1.16 bits per heavy atom. The summed E-state index contributed by atoms with van der Waals surface area (Å²) in [5.74, 6) is 0.0537. The molecular formula is C21H24FN3O5S. The Morgan fingerprint density at radius 2 is 1.81 bits per heavy atom. The van der Waals surface area contributed by atoms with E-state index >= 15 is 0 Å². The number of halogens is 1. The fourth-order valence-corrected chi connectivity index (χ4v) is 3.84. The van der Waals surface area contributed by atoms with Gasteiger partial charge in [0.1, 0.15) is 5.82 Å². The zero-order valence-corrected chi connectivity index (χ0v) is 18.3. The zero-order valence-electron chi connectivity index (χ0n) is 17.5. The highest BCUT2D eigenvalue weighted by Gasteiger charge is 2.25. The topological polar surface area (TPSA) is 97.3 Å². The maximum absolute atomic E-state index is 13.0. The number of carbonyl (C=O) groups is 1. The number of sulfonamides is 1. The largest absolute Gasteiger partial charge is 0.489 e. The Hall–Kier alpha value is -2.98. The van der Waals surface area contributed by atoms with Crippen molar-refractivity contribution in [2.45, 2.75) is 18.7 Å². The van der Waals surface area contributed by atoms with Gasteiger partial charge in [0, 0.05) is 12.5 Å². The number of nitrogens with one attached hydrogen (secondary N) is 1. The van der Waals surface area contributed by atoms with E-state index in [1.54, 1.807) is 18.2 Å². The summed E-state index contributed by atoms with van der Waals surface area (Å²) in [5, 5.41) is 3.87. The fraction of sp³-hybridized carbons (Fsp3) is 0.333. The van der Waals surface area contributed by atoms with Crippen LogP contribution in [0.3, 0.4) is 0 Å². The van der Waals surface area contributed by atoms with Gasteiger partial charge in [0.25, 0.3) is 5.91 Å². The lowest BCUT2D eigenvalue weighted by atomic mass is 9.97. The Bertz CT molecular complexity index is 1080. The Kier molecular flexibility index (Phi) is 6.61. The first-order chi connectivity index (χ1) is 14.6. The molecule has 0 unspecified atom stereocenters. The minimum absolute atomic E-state index is 0.108. The Balaban J connectivity index is 1.58. The minimum atomic E-state index is -3.93. The van der Waals surface area contributed by atoms with Crippen molar-refractivity contribution in [2.24, 2.45) is 10.5 Å². The van der Waals surface area contributed by atoms with Gasteiger partial charge in [-0.3, -0.25) is 4.79 Å². The minimum Gasteiger partial charge on any atom is -0.489 e. The van der Waals surface area contributed by atoms with Gasteiger partial charge in [0.05, 0.1) is 30.9 Å². The maximum atomic E-state index is 13.0. The van der Waals surface area contributed by atoms with Crippen molar-refractivity contribution in [3.05, 3.63) is 53.8 Å². The van der Waals surface area contributed by atoms with Gasteiger partial charge >= 0.3 is 0 Å². The number of hydrogen-bond donors (Lipinski definition) is 1. The van der Waals surface area contributed by atoms with E-state index in [0.29, 0.717) is 30.3 Å². The second-order valence-electron chi connectivity index (χ2n) is 7.96. The number of likely N-dealkylation sites (N-methyl/N-ethyl adjacent to an activating group) is 1. The molecule has 1 heterocycles. The standard InChI is InChI=1S/C21H24FN3O5S/c1-21(2)13-29-18-9-4-15(10-19(18)30-14-21)11-23-24-20(26)12-25(3)31(27,28)17-7-5-16(22)6-8-17/h4-11H,12-14H2,1-3H3,(H,24,26)/b23-11-. The maximum Gasteiger partial charge on any atom is 0.255 e. The van der Waals surface area contributed by atoms with Crippen LogP contribution in [0.15, 0.2) is 52.5 Å². The van der Waals surface area contributed by atoms with Gasteiger partial charge in [-0.25, -0.2) is 18.2 Å². The van der Waals surface area contributed by atoms with E-state index in [1.165, 1.54) is 13.3 Å². The number of amides is 1. The molecule has 166 valence electrons. The predicted molar refractivity (Wildman–Crippen MR) is 113 cm³/mol. The molecule has 0 aromatic heterocycles. The second kappa shape index (κ2) is 9.03. The quantitative estimate of drug-likeness (QED) is 0.540. The van der Waals surface area contributed by atoms with Crippen molar-refractivity contribution in [3.63, 3.8) is 0 Å². The summed E-state index contributed by atoms with van der Waals surface area (Å²) in [7, 11) is -2.67. The lowest BCUT2D eigenvalue weighted by Gasteiger charge is -2.19. The molecule has 1 amide bonds. The summed E-state index contributed by atoms with van der Waals surface area (Å²) in [4.78, 5) is 12.0. The van der Waals surface area contributed by atoms with E-state index in [4.69, 9.17) is 9.47 Å². The smallest absolute Gasteiger partial charge is 0.255 e. The number of rotatable bonds is 6. The molecule has 10 heteroatoms. The predicted octanol–water partition coefficient (Wildman–Crippen LogP) is 2.39. The molecule has 0 atom stereocenters. The van der Waals surface area contributed by atoms with Crippen LogP contribution in [-0.2, 0) is 14.8 Å². The van der Waals surface area contributed by atoms with Crippen LogP contribution >= 0.6 is 0 Å². The summed E-state index contributed by atoms with van der Waals surface area (Å²) in [6.07, 6.45) is 1.42. The Morgan fingerprint density at radius 3 is 2.48 bits per heavy atom. The van der Waals surface area contributed by atoms with Crippen molar-refractivity contribution < 1.29 is 27.1 Å². The van der Waals surface area contributed by atoms with Crippen LogP contribution in [0.4, 0.5) is 4.39 Å². The monoisotopic (exact) mass is 449 g/mol. The highest BCUT2D eigenvalue weighted by Crippen LogP contribution is 2.34. The third-order valence-corrected chi connectivity index (χ3v) is 6.31. The van der Waals surface area contributed by atoms with E-state index < -0.39 is 28.3 Å². The van der Waals surface area contributed by atoms with Crippen LogP contribution in [0.5, 0.6) is 11.5 Å². The van der Waals surface area contributed by atoms with Crippen LogP contribution < -0.4 is 14.9 Å². The lowest BCUT2D eigenvalue weighted by molar-refractivity contribution is -0.121. The van der Waals surface area contributed by atoms with Gasteiger partial charge < -0.3 is 9.47 Å². The summed E-state index contributed by atoms with van der Waals surface area (Å²) >= 11 is 0. The van der Waals surface area contributed by atoms with Crippen molar-refractivity contribution in [1.29, 1.82) is 0 Å². The molecule has 1 aliphatic rings. The molecule has 2 aromatic rings. The van der Waals surface area contributed by atoms with Crippen LogP contribution in [0.1, 0.15) is 19.4 Å². The SMILES string of the molecule is CN(CC(=O)N/N=C\c1ccc2c(c1)OCC(C)(C)CO2)S(=O)(=O)c1ccc(F)cc1. The normalized spacial score (nSPS) is 15.6. The first-order valence-electron chi connectivity index (χ1n) is 9.50. The highest BCUT2D eigenvalue weighted by atomic mass is 32.2. The summed E-state index contributed by atoms with van der Waals surface area (Å²) in [6, 6.07) is 9.65. The molecule has 0 saturated carbocycles. The van der Waals surface area contributed by atoms with Gasteiger partial charge in [0.2, 0.25) is 10.0 Å². The van der Waals surface area contributed by atoms with Gasteiger partial charge in [-0.1, -0.05) is 13.8 Å². The zero-order chi connectivity index (χ0) is 22.6. The first-order valence-corrected chi connectivity index (χ1v) is 10.9. The first kappa shape index (κ1) is 22.7. The van der Waals surface area contributed by atoms with Gasteiger partial charge in [-0.2, -0.15) is 9.41 Å². The van der Waals surface area contributed by atoms with E-state index in [1.807, 2.05) is 13.8 Å². The molecule has 0 fully saturated rings. The fourth-order valence-electron chi connectivity index (χ4n) is 2.71. The molecule has 8 nitrogen and oxygen atoms in total. The van der Waals surface area contributed by atoms with E-state index in [9.17, 15) is 17.6 Å². The van der Waals surface area contributed by atoms with Crippen molar-refractivity contribution in [2.75, 3.05) is 26.8 Å². The third-order valence-electron chi connectivity index (χ3n) is 4.50. The molecule has 31 heavy (non-hydrogen) atoms. The van der Waals surface area contributed by atoms with E-state index in [0.717, 1.165) is 28.6 Å². The van der Waals surface area contributed by atoms with Crippen molar-refractivity contribution >= 4 is 22.1 Å². The molecule has 0 spiro atoms. The molecular weight excluding hydrogens is 425 g/mol. The van der Waals surface area contributed by atoms with E-state index in [2.05, 4.69) is 10.5 Å². The molecule has 0 radical (unpaired) electrons. The van der Waals surface area contributed by atoms with Crippen LogP contribution in [-0.4, -0.2) is 51.7 Å². The molecule has 0 aliphatic carbocycles. The number of hydrazone groups is 1. The van der Waals surface area contributed by atoms with Crippen molar-refractivity contribution in [1.82, 2.24) is 9.73 Å². The number of ether oxygens (including phenoxy) is 2. The number of carbonyl (C=O) groups excluding carboxylic acids is 1. The Labute approximate surface area is 180 Å². The number of hydrogen-bond acceptors (Lipinski definition) is 6. The van der Waals surface area contributed by atoms with Gasteiger partial charge in [-0.15, -0.1) is 0 Å². The average Bonchev–Trinajstić information content (AvgIpc) is 2.86. The number of nitrogens with zero attached hydrogens (tertiary/aromatic N) is 2. The third kappa shape index (κ3) is 5.80. The summed E-state index contributed by atoms with van der Waals surface area (Å²) < 4.78 is 50.3. The molecule has 3 rings (SSSR count). The van der Waals surface area contributed by atoms with Crippen LogP contribution in [0.2, 0.25) is 0 Å². The van der Waals surface area contributed by atoms with Gasteiger partial charge in [-0.05, 0) is 48.0 Å². The van der Waals surface area contributed by atoms with E-state index in [-0.39, 0.29) is 10.3 Å².